The van der Waals surface area contributed by atoms with Crippen molar-refractivity contribution in [1.82, 2.24) is 9.62 Å². The number of hydrogen-bond acceptors (Lipinski definition) is 5. The molecule has 1 fully saturated rings. The number of nitrogens with one attached hydrogen (secondary N) is 1. The molecule has 2 unspecified atom stereocenters. The van der Waals surface area contributed by atoms with Gasteiger partial charge in [-0.2, -0.15) is 0 Å². The van der Waals surface area contributed by atoms with Crippen molar-refractivity contribution in [3.8, 4) is 5.75 Å². The highest BCUT2D eigenvalue weighted by Crippen LogP contribution is 2.46. The third-order valence-electron chi connectivity index (χ3n) is 4.86. The van der Waals surface area contributed by atoms with Crippen molar-refractivity contribution in [2.45, 2.75) is 24.0 Å². The van der Waals surface area contributed by atoms with Crippen molar-refractivity contribution in [3.05, 3.63) is 34.7 Å². The largest absolute Gasteiger partial charge is 0.495 e. The SMILES string of the molecule is C=CS(=O)(=O)NC1CCN(C(=O)CN(C)c2cc(C(F)(P)P)c(Cl)cc2OC)CC1. The van der Waals surface area contributed by atoms with Crippen LogP contribution in [-0.2, 0) is 20.0 Å². The molecule has 12 heteroatoms. The first-order chi connectivity index (χ1) is 13.9. The maximum atomic E-state index is 14.4. The Bertz CT molecular complexity index is 903. The summed E-state index contributed by atoms with van der Waals surface area (Å²) in [5, 5.41) is -0.723. The number of likely N-dealkylation sites (tertiary alicyclic amines) is 1. The minimum atomic E-state index is -3.50. The van der Waals surface area contributed by atoms with E-state index in [9.17, 15) is 17.6 Å². The molecule has 2 rings (SSSR count). The Hall–Kier alpha value is -0.980. The molecular formula is C18H27ClFN3O4P2S. The number of piperidine rings is 1. The lowest BCUT2D eigenvalue weighted by molar-refractivity contribution is -0.130. The molecule has 1 amide bonds. The third kappa shape index (κ3) is 6.51. The monoisotopic (exact) mass is 497 g/mol. The van der Waals surface area contributed by atoms with Crippen LogP contribution in [0.1, 0.15) is 18.4 Å². The molecule has 0 radical (unpaired) electrons. The molecule has 1 aliphatic heterocycles. The molecule has 1 aromatic rings. The molecule has 7 nitrogen and oxygen atoms in total. The maximum absolute atomic E-state index is 14.4. The number of halogens is 2. The van der Waals surface area contributed by atoms with E-state index in [1.54, 1.807) is 22.9 Å². The van der Waals surface area contributed by atoms with Gasteiger partial charge in [0.15, 0.2) is 5.15 Å². The highest BCUT2D eigenvalue weighted by Gasteiger charge is 2.28. The summed E-state index contributed by atoms with van der Waals surface area (Å²) in [6.45, 7) is 4.20. The first-order valence-corrected chi connectivity index (χ1v) is 12.2. The van der Waals surface area contributed by atoms with E-state index in [4.69, 9.17) is 16.3 Å². The van der Waals surface area contributed by atoms with Crippen LogP contribution < -0.4 is 14.4 Å². The number of rotatable bonds is 8. The van der Waals surface area contributed by atoms with Crippen molar-refractivity contribution >= 4 is 51.7 Å². The zero-order chi connectivity index (χ0) is 22.7. The van der Waals surface area contributed by atoms with Crippen LogP contribution in [0.25, 0.3) is 0 Å². The predicted octanol–water partition coefficient (Wildman–Crippen LogP) is 2.67. The lowest BCUT2D eigenvalue weighted by Crippen LogP contribution is -2.48. The quantitative estimate of drug-likeness (QED) is 0.559. The Balaban J connectivity index is 2.07. The fraction of sp³-hybridized carbons (Fsp3) is 0.500. The lowest BCUT2D eigenvalue weighted by atomic mass is 10.1. The lowest BCUT2D eigenvalue weighted by Gasteiger charge is -2.33. The summed E-state index contributed by atoms with van der Waals surface area (Å²) in [5.41, 5.74) is 0.774. The number of alkyl halides is 1. The molecule has 2 atom stereocenters. The minimum Gasteiger partial charge on any atom is -0.495 e. The van der Waals surface area contributed by atoms with E-state index >= 15 is 0 Å². The van der Waals surface area contributed by atoms with Crippen LogP contribution in [0.3, 0.4) is 0 Å². The van der Waals surface area contributed by atoms with Gasteiger partial charge in [-0.3, -0.25) is 4.79 Å². The van der Waals surface area contributed by atoms with E-state index in [1.165, 1.54) is 13.2 Å². The van der Waals surface area contributed by atoms with Gasteiger partial charge in [0.1, 0.15) is 5.75 Å². The first-order valence-electron chi connectivity index (χ1n) is 9.16. The van der Waals surface area contributed by atoms with Gasteiger partial charge in [0, 0.05) is 43.2 Å². The Morgan fingerprint density at radius 3 is 2.57 bits per heavy atom. The average molecular weight is 498 g/mol. The summed E-state index contributed by atoms with van der Waals surface area (Å²) in [5.74, 6) is 0.306. The van der Waals surface area contributed by atoms with E-state index in [-0.39, 0.29) is 29.1 Å². The summed E-state index contributed by atoms with van der Waals surface area (Å²) < 4.78 is 45.5. The molecule has 1 heterocycles. The van der Waals surface area contributed by atoms with Crippen molar-refractivity contribution in [3.63, 3.8) is 0 Å². The fourth-order valence-electron chi connectivity index (χ4n) is 3.21. The highest BCUT2D eigenvalue weighted by atomic mass is 35.5. The van der Waals surface area contributed by atoms with Gasteiger partial charge in [-0.05, 0) is 18.9 Å². The minimum absolute atomic E-state index is 0.0491. The average Bonchev–Trinajstić information content (AvgIpc) is 2.66. The van der Waals surface area contributed by atoms with E-state index in [2.05, 4.69) is 29.8 Å². The van der Waals surface area contributed by atoms with Crippen LogP contribution in [0.5, 0.6) is 5.75 Å². The van der Waals surface area contributed by atoms with E-state index in [0.717, 1.165) is 5.41 Å². The molecule has 168 valence electrons. The number of hydrogen-bond donors (Lipinski definition) is 1. The number of benzene rings is 1. The number of anilines is 1. The number of sulfonamides is 1. The summed E-state index contributed by atoms with van der Waals surface area (Å²) in [7, 11) is 3.83. The van der Waals surface area contributed by atoms with Gasteiger partial charge in [-0.25, -0.2) is 17.5 Å². The Labute approximate surface area is 186 Å². The van der Waals surface area contributed by atoms with Gasteiger partial charge in [0.05, 0.1) is 24.4 Å². The zero-order valence-electron chi connectivity index (χ0n) is 16.9. The van der Waals surface area contributed by atoms with Gasteiger partial charge in [-0.1, -0.05) is 36.7 Å². The van der Waals surface area contributed by atoms with Gasteiger partial charge < -0.3 is 14.5 Å². The zero-order valence-corrected chi connectivity index (χ0v) is 20.8. The second-order valence-electron chi connectivity index (χ2n) is 7.11. The number of ether oxygens (including phenoxy) is 1. The van der Waals surface area contributed by atoms with E-state index in [1.807, 2.05) is 0 Å². The van der Waals surface area contributed by atoms with Crippen LogP contribution in [0, 0.1) is 0 Å². The van der Waals surface area contributed by atoms with Gasteiger partial charge in [0.25, 0.3) is 0 Å². The van der Waals surface area contributed by atoms with Gasteiger partial charge >= 0.3 is 0 Å². The second kappa shape index (κ2) is 10.1. The topological polar surface area (TPSA) is 79.0 Å². The van der Waals surface area contributed by atoms with Crippen LogP contribution in [-0.4, -0.2) is 59.1 Å². The molecule has 30 heavy (non-hydrogen) atoms. The molecule has 0 bridgehead atoms. The first kappa shape index (κ1) is 25.3. The molecule has 1 saturated heterocycles. The highest BCUT2D eigenvalue weighted by molar-refractivity contribution is 7.92. The Morgan fingerprint density at radius 1 is 1.47 bits per heavy atom. The maximum Gasteiger partial charge on any atom is 0.242 e. The number of carbonyl (C=O) groups excluding carboxylic acids is 1. The summed E-state index contributed by atoms with van der Waals surface area (Å²) >= 11 is 6.17. The molecule has 0 aromatic heterocycles. The van der Waals surface area contributed by atoms with Gasteiger partial charge in [-0.15, -0.1) is 0 Å². The second-order valence-corrected chi connectivity index (χ2v) is 11.5. The molecule has 1 N–H and O–H groups in total. The number of nitrogens with zero attached hydrogens (tertiary/aromatic N) is 2. The molecule has 0 saturated carbocycles. The molecule has 0 spiro atoms. The molecule has 1 aliphatic rings. The standard InChI is InChI=1S/C18H27ClFN3O4P2S/c1-4-30(25,26)21-12-5-7-23(8-6-12)17(24)11-22(2)15-9-13(18(20,28)29)14(19)10-16(15)27-3/h4,9-10,12,21H,1,5-8,11,28-29H2,2-3H3. The van der Waals surface area contributed by atoms with Crippen LogP contribution in [0.15, 0.2) is 24.1 Å². The van der Waals surface area contributed by atoms with Crippen LogP contribution >= 0.6 is 30.1 Å². The Kier molecular flexibility index (Phi) is 8.51. The van der Waals surface area contributed by atoms with Crippen molar-refractivity contribution in [2.75, 3.05) is 38.7 Å². The summed E-state index contributed by atoms with van der Waals surface area (Å²) in [4.78, 5) is 16.1. The number of amides is 1. The van der Waals surface area contributed by atoms with Crippen molar-refractivity contribution in [2.24, 2.45) is 0 Å². The number of carbonyl (C=O) groups is 1. The summed E-state index contributed by atoms with van der Waals surface area (Å²) in [6, 6.07) is 2.85. The fourth-order valence-corrected chi connectivity index (χ4v) is 4.97. The molecular weight excluding hydrogens is 471 g/mol. The summed E-state index contributed by atoms with van der Waals surface area (Å²) in [6.07, 6.45) is 1.03. The Morgan fingerprint density at radius 2 is 2.07 bits per heavy atom. The van der Waals surface area contributed by atoms with Crippen molar-refractivity contribution < 1.29 is 22.3 Å². The molecule has 0 aliphatic carbocycles. The van der Waals surface area contributed by atoms with Crippen LogP contribution in [0.2, 0.25) is 5.02 Å². The smallest absolute Gasteiger partial charge is 0.242 e. The number of likely N-dealkylation sites (N-methyl/N-ethyl adjacent to an activating group) is 1. The van der Waals surface area contributed by atoms with Crippen molar-refractivity contribution in [1.29, 1.82) is 0 Å². The van der Waals surface area contributed by atoms with E-state index < -0.39 is 15.2 Å². The normalized spacial score (nSPS) is 15.7. The van der Waals surface area contributed by atoms with Gasteiger partial charge in [0.2, 0.25) is 15.9 Å². The van der Waals surface area contributed by atoms with E-state index in [0.29, 0.717) is 37.4 Å². The predicted molar refractivity (Wildman–Crippen MR) is 125 cm³/mol. The molecule has 1 aromatic carbocycles. The number of methoxy groups -OCH3 is 1. The van der Waals surface area contributed by atoms with Crippen LogP contribution in [0.4, 0.5) is 10.1 Å². The third-order valence-corrected chi connectivity index (χ3v) is 6.90.